The second-order valence-electron chi connectivity index (χ2n) is 6.31. The van der Waals surface area contributed by atoms with Crippen LogP contribution < -0.4 is 11.1 Å². The second kappa shape index (κ2) is 7.05. The highest BCUT2D eigenvalue weighted by atomic mass is 16.2. The van der Waals surface area contributed by atoms with Crippen LogP contribution in [0.2, 0.25) is 0 Å². The topological polar surface area (TPSA) is 58.4 Å². The monoisotopic (exact) mass is 289 g/mol. The van der Waals surface area contributed by atoms with Crippen molar-refractivity contribution >= 4 is 11.6 Å². The average Bonchev–Trinajstić information content (AvgIpc) is 2.45. The molecule has 1 aliphatic rings. The van der Waals surface area contributed by atoms with Gasteiger partial charge in [0, 0.05) is 12.2 Å². The zero-order valence-electron chi connectivity index (χ0n) is 13.4. The summed E-state index contributed by atoms with van der Waals surface area (Å²) in [5, 5.41) is 3.06. The molecule has 0 saturated carbocycles. The minimum absolute atomic E-state index is 0.0673. The predicted molar refractivity (Wildman–Crippen MR) is 87.3 cm³/mol. The Morgan fingerprint density at radius 2 is 2.05 bits per heavy atom. The maximum atomic E-state index is 12.3. The largest absolute Gasteiger partial charge is 0.330 e. The number of nitrogens with two attached hydrogens (primary N) is 1. The molecule has 2 unspecified atom stereocenters. The molecule has 1 aliphatic heterocycles. The van der Waals surface area contributed by atoms with Crippen LogP contribution in [0.3, 0.4) is 0 Å². The number of likely N-dealkylation sites (tertiary alicyclic amines) is 1. The third-order valence-corrected chi connectivity index (χ3v) is 4.61. The number of nitrogens with one attached hydrogen (secondary N) is 1. The zero-order valence-corrected chi connectivity index (χ0v) is 13.4. The van der Waals surface area contributed by atoms with E-state index >= 15 is 0 Å². The van der Waals surface area contributed by atoms with Crippen molar-refractivity contribution in [1.82, 2.24) is 4.90 Å². The Kier molecular flexibility index (Phi) is 5.37. The number of hydrogen-bond donors (Lipinski definition) is 2. The van der Waals surface area contributed by atoms with E-state index in [0.717, 1.165) is 36.3 Å². The number of piperidine rings is 1. The minimum Gasteiger partial charge on any atom is -0.330 e. The van der Waals surface area contributed by atoms with Crippen molar-refractivity contribution < 1.29 is 4.79 Å². The normalized spacial score (nSPS) is 23.0. The van der Waals surface area contributed by atoms with Crippen molar-refractivity contribution in [2.45, 2.75) is 27.2 Å². The second-order valence-corrected chi connectivity index (χ2v) is 6.31. The van der Waals surface area contributed by atoms with E-state index in [0.29, 0.717) is 24.9 Å². The number of carbonyl (C=O) groups excluding carboxylic acids is 1. The van der Waals surface area contributed by atoms with Crippen LogP contribution in [0.25, 0.3) is 0 Å². The van der Waals surface area contributed by atoms with E-state index in [-0.39, 0.29) is 5.91 Å². The number of benzene rings is 1. The molecule has 2 rings (SSSR count). The van der Waals surface area contributed by atoms with E-state index in [9.17, 15) is 4.79 Å². The average molecular weight is 289 g/mol. The van der Waals surface area contributed by atoms with Crippen LogP contribution in [0, 0.1) is 25.7 Å². The molecule has 1 fully saturated rings. The van der Waals surface area contributed by atoms with E-state index < -0.39 is 0 Å². The van der Waals surface area contributed by atoms with Gasteiger partial charge >= 0.3 is 0 Å². The van der Waals surface area contributed by atoms with Gasteiger partial charge in [0.2, 0.25) is 5.91 Å². The molecule has 0 aromatic heterocycles. The molecule has 0 bridgehead atoms. The van der Waals surface area contributed by atoms with Gasteiger partial charge in [-0.25, -0.2) is 0 Å². The van der Waals surface area contributed by atoms with Crippen LogP contribution in [-0.2, 0) is 4.79 Å². The van der Waals surface area contributed by atoms with Gasteiger partial charge in [-0.1, -0.05) is 25.1 Å². The van der Waals surface area contributed by atoms with E-state index in [4.69, 9.17) is 5.73 Å². The van der Waals surface area contributed by atoms with Crippen LogP contribution in [0.4, 0.5) is 5.69 Å². The summed E-state index contributed by atoms with van der Waals surface area (Å²) in [6.07, 6.45) is 1.12. The van der Waals surface area contributed by atoms with E-state index in [1.165, 1.54) is 0 Å². The van der Waals surface area contributed by atoms with E-state index in [2.05, 4.69) is 17.1 Å². The molecule has 0 aliphatic carbocycles. The Labute approximate surface area is 127 Å². The Hall–Kier alpha value is -1.39. The van der Waals surface area contributed by atoms with Gasteiger partial charge in [0.25, 0.3) is 0 Å². The Bertz CT molecular complexity index is 481. The van der Waals surface area contributed by atoms with E-state index in [1.807, 2.05) is 32.0 Å². The number of carbonyl (C=O) groups is 1. The van der Waals surface area contributed by atoms with Crippen molar-refractivity contribution in [3.63, 3.8) is 0 Å². The molecule has 2 atom stereocenters. The van der Waals surface area contributed by atoms with Crippen molar-refractivity contribution in [2.75, 3.05) is 31.5 Å². The van der Waals surface area contributed by atoms with Crippen molar-refractivity contribution in [2.24, 2.45) is 17.6 Å². The fourth-order valence-electron chi connectivity index (χ4n) is 3.07. The SMILES string of the molecule is Cc1cccc(C)c1NC(=O)CN1CCC(C)C(CN)C1. The number of amides is 1. The fourth-order valence-corrected chi connectivity index (χ4v) is 3.07. The standard InChI is InChI=1S/C17H27N3O/c1-12-7-8-20(10-15(12)9-18)11-16(21)19-17-13(2)5-4-6-14(17)3/h4-6,12,15H,7-11,18H2,1-3H3,(H,19,21). The lowest BCUT2D eigenvalue weighted by molar-refractivity contribution is -0.117. The van der Waals surface area contributed by atoms with Crippen LogP contribution >= 0.6 is 0 Å². The van der Waals surface area contributed by atoms with Gasteiger partial charge in [-0.05, 0) is 56.3 Å². The summed E-state index contributed by atoms with van der Waals surface area (Å²) in [5.41, 5.74) is 8.98. The molecule has 1 saturated heterocycles. The van der Waals surface area contributed by atoms with Gasteiger partial charge in [-0.15, -0.1) is 0 Å². The van der Waals surface area contributed by atoms with Gasteiger partial charge in [-0.2, -0.15) is 0 Å². The molecule has 1 aromatic carbocycles. The van der Waals surface area contributed by atoms with Gasteiger partial charge in [0.1, 0.15) is 0 Å². The molecule has 21 heavy (non-hydrogen) atoms. The zero-order chi connectivity index (χ0) is 15.4. The summed E-state index contributed by atoms with van der Waals surface area (Å²) >= 11 is 0. The molecule has 1 amide bonds. The van der Waals surface area contributed by atoms with Gasteiger partial charge < -0.3 is 11.1 Å². The lowest BCUT2D eigenvalue weighted by Crippen LogP contribution is -2.45. The van der Waals surface area contributed by atoms with Gasteiger partial charge in [0.15, 0.2) is 0 Å². The molecular weight excluding hydrogens is 262 g/mol. The third-order valence-electron chi connectivity index (χ3n) is 4.61. The summed E-state index contributed by atoms with van der Waals surface area (Å²) in [4.78, 5) is 14.5. The highest BCUT2D eigenvalue weighted by Crippen LogP contribution is 2.23. The first-order valence-electron chi connectivity index (χ1n) is 7.79. The Balaban J connectivity index is 1.93. The van der Waals surface area contributed by atoms with E-state index in [1.54, 1.807) is 0 Å². The van der Waals surface area contributed by atoms with Crippen LogP contribution in [0.5, 0.6) is 0 Å². The molecular formula is C17H27N3O. The molecule has 3 N–H and O–H groups in total. The summed E-state index contributed by atoms with van der Waals surface area (Å²) in [5.74, 6) is 1.23. The lowest BCUT2D eigenvalue weighted by Gasteiger charge is -2.36. The van der Waals surface area contributed by atoms with Gasteiger partial charge in [-0.3, -0.25) is 9.69 Å². The Morgan fingerprint density at radius 3 is 2.67 bits per heavy atom. The van der Waals surface area contributed by atoms with Crippen molar-refractivity contribution in [1.29, 1.82) is 0 Å². The number of rotatable bonds is 4. The number of anilines is 1. The molecule has 0 radical (unpaired) electrons. The number of hydrogen-bond acceptors (Lipinski definition) is 3. The summed E-state index contributed by atoms with van der Waals surface area (Å²) in [7, 11) is 0. The summed E-state index contributed by atoms with van der Waals surface area (Å²) in [6, 6.07) is 6.06. The maximum absolute atomic E-state index is 12.3. The molecule has 0 spiro atoms. The first-order chi connectivity index (χ1) is 10.0. The fraction of sp³-hybridized carbons (Fsp3) is 0.588. The predicted octanol–water partition coefficient (Wildman–Crippen LogP) is 2.16. The molecule has 116 valence electrons. The van der Waals surface area contributed by atoms with Crippen LogP contribution in [0.15, 0.2) is 18.2 Å². The highest BCUT2D eigenvalue weighted by molar-refractivity contribution is 5.93. The maximum Gasteiger partial charge on any atom is 0.238 e. The summed E-state index contributed by atoms with van der Waals surface area (Å²) < 4.78 is 0. The number of nitrogens with zero attached hydrogens (tertiary/aromatic N) is 1. The lowest BCUT2D eigenvalue weighted by atomic mass is 9.87. The third kappa shape index (κ3) is 4.05. The quantitative estimate of drug-likeness (QED) is 0.893. The van der Waals surface area contributed by atoms with Crippen molar-refractivity contribution in [3.05, 3.63) is 29.3 Å². The molecule has 4 nitrogen and oxygen atoms in total. The van der Waals surface area contributed by atoms with Gasteiger partial charge in [0.05, 0.1) is 6.54 Å². The summed E-state index contributed by atoms with van der Waals surface area (Å²) in [6.45, 7) is 9.37. The molecule has 1 aromatic rings. The number of aryl methyl sites for hydroxylation is 2. The smallest absolute Gasteiger partial charge is 0.238 e. The Morgan fingerprint density at radius 1 is 1.38 bits per heavy atom. The molecule has 4 heteroatoms. The first-order valence-corrected chi connectivity index (χ1v) is 7.79. The van der Waals surface area contributed by atoms with Crippen molar-refractivity contribution in [3.8, 4) is 0 Å². The van der Waals surface area contributed by atoms with Crippen LogP contribution in [0.1, 0.15) is 24.5 Å². The first kappa shape index (κ1) is 16.0. The minimum atomic E-state index is 0.0673. The van der Waals surface area contributed by atoms with Crippen LogP contribution in [-0.4, -0.2) is 37.0 Å². The highest BCUT2D eigenvalue weighted by Gasteiger charge is 2.26. The number of para-hydroxylation sites is 1. The molecule has 1 heterocycles.